The number of aryl methyl sites for hydroxylation is 1. The highest BCUT2D eigenvalue weighted by atomic mass is 35.5. The van der Waals surface area contributed by atoms with Crippen LogP contribution in [0.5, 0.6) is 0 Å². The molecule has 0 aliphatic heterocycles. The van der Waals surface area contributed by atoms with Gasteiger partial charge in [0.2, 0.25) is 0 Å². The fourth-order valence-corrected chi connectivity index (χ4v) is 7.01. The number of carbonyl (C=O) groups excluding carboxylic acids is 2. The highest BCUT2D eigenvalue weighted by Crippen LogP contribution is 2.41. The molecule has 7 nitrogen and oxygen atoms in total. The maximum atomic E-state index is 14.5. The molecule has 2 fully saturated rings. The van der Waals surface area contributed by atoms with Gasteiger partial charge in [-0.2, -0.15) is 18.3 Å². The minimum Gasteiger partial charge on any atom is -0.481 e. The van der Waals surface area contributed by atoms with Crippen LogP contribution in [0, 0.1) is 24.2 Å². The Morgan fingerprint density at radius 3 is 2.14 bits per heavy atom. The van der Waals surface area contributed by atoms with E-state index in [9.17, 15) is 32.7 Å². The van der Waals surface area contributed by atoms with Gasteiger partial charge in [0.1, 0.15) is 0 Å². The molecule has 0 saturated heterocycles. The van der Waals surface area contributed by atoms with E-state index in [0.717, 1.165) is 42.1 Å². The number of aliphatic carboxylic acids is 1. The largest absolute Gasteiger partial charge is 0.481 e. The zero-order valence-electron chi connectivity index (χ0n) is 23.9. The van der Waals surface area contributed by atoms with Crippen molar-refractivity contribution in [2.24, 2.45) is 17.3 Å². The van der Waals surface area contributed by atoms with Crippen molar-refractivity contribution < 1.29 is 32.7 Å². The third-order valence-electron chi connectivity index (χ3n) is 8.71. The number of amides is 1. The zero-order chi connectivity index (χ0) is 31.0. The van der Waals surface area contributed by atoms with E-state index in [0.29, 0.717) is 0 Å². The van der Waals surface area contributed by atoms with Gasteiger partial charge < -0.3 is 10.0 Å². The lowest BCUT2D eigenvalue weighted by molar-refractivity contribution is -0.147. The van der Waals surface area contributed by atoms with Gasteiger partial charge in [0.15, 0.2) is 11.5 Å². The average molecular weight is 631 g/mol. The summed E-state index contributed by atoms with van der Waals surface area (Å²) in [5, 5.41) is 13.5. The fourth-order valence-electron chi connectivity index (χ4n) is 6.21. The number of aromatic nitrogens is 2. The van der Waals surface area contributed by atoms with Crippen LogP contribution in [0.25, 0.3) is 0 Å². The molecule has 2 saturated carbocycles. The van der Waals surface area contributed by atoms with Crippen LogP contribution >= 0.6 is 23.2 Å². The number of hydrogen-bond donors (Lipinski definition) is 1. The van der Waals surface area contributed by atoms with Crippen molar-refractivity contribution in [3.63, 3.8) is 0 Å². The summed E-state index contributed by atoms with van der Waals surface area (Å²) in [4.78, 5) is 39.9. The van der Waals surface area contributed by atoms with E-state index in [-0.39, 0.29) is 59.2 Å². The maximum Gasteiger partial charge on any atom is 0.433 e. The van der Waals surface area contributed by atoms with Crippen LogP contribution in [0.1, 0.15) is 103 Å². The van der Waals surface area contributed by atoms with E-state index in [1.165, 1.54) is 4.90 Å². The molecule has 1 amide bonds. The first kappa shape index (κ1) is 32.3. The molecule has 1 heterocycles. The van der Waals surface area contributed by atoms with E-state index in [1.54, 1.807) is 19.1 Å². The van der Waals surface area contributed by atoms with Gasteiger partial charge in [0, 0.05) is 6.54 Å². The molecule has 1 aromatic carbocycles. The lowest BCUT2D eigenvalue weighted by Gasteiger charge is -2.36. The summed E-state index contributed by atoms with van der Waals surface area (Å²) in [6, 6.07) is 2.45. The molecule has 0 spiro atoms. The van der Waals surface area contributed by atoms with Crippen molar-refractivity contribution in [3.8, 4) is 0 Å². The first-order chi connectivity index (χ1) is 19.6. The summed E-state index contributed by atoms with van der Waals surface area (Å²) in [5.41, 5.74) is -0.922. The molecule has 4 rings (SSSR count). The minimum atomic E-state index is -4.90. The van der Waals surface area contributed by atoms with Gasteiger partial charge in [0.25, 0.3) is 5.91 Å². The van der Waals surface area contributed by atoms with Gasteiger partial charge in [-0.15, -0.1) is 0 Å². The van der Waals surface area contributed by atoms with Crippen LogP contribution in [0.15, 0.2) is 18.3 Å². The Morgan fingerprint density at radius 1 is 1.05 bits per heavy atom. The number of ketones is 1. The molecular formula is C30H36Cl2F3N3O4. The van der Waals surface area contributed by atoms with Crippen molar-refractivity contribution in [2.75, 3.05) is 13.1 Å². The van der Waals surface area contributed by atoms with Crippen LogP contribution in [0.2, 0.25) is 10.0 Å². The quantitative estimate of drug-likeness (QED) is 0.300. The fraction of sp³-hybridized carbons (Fsp3) is 0.600. The van der Waals surface area contributed by atoms with E-state index in [4.69, 9.17) is 23.2 Å². The lowest BCUT2D eigenvalue weighted by Crippen LogP contribution is -2.41. The molecule has 0 unspecified atom stereocenters. The number of carboxylic acid groups (broad SMARTS) is 1. The molecule has 1 aromatic heterocycles. The number of benzene rings is 1. The van der Waals surface area contributed by atoms with Crippen molar-refractivity contribution in [1.82, 2.24) is 14.7 Å². The monoisotopic (exact) mass is 629 g/mol. The molecular weight excluding hydrogens is 594 g/mol. The Morgan fingerprint density at radius 2 is 1.62 bits per heavy atom. The van der Waals surface area contributed by atoms with Crippen molar-refractivity contribution in [1.29, 1.82) is 0 Å². The molecule has 2 aliphatic rings. The lowest BCUT2D eigenvalue weighted by atomic mass is 9.73. The number of carboxylic acids is 1. The molecule has 2 aliphatic carbocycles. The third kappa shape index (κ3) is 7.30. The van der Waals surface area contributed by atoms with Gasteiger partial charge >= 0.3 is 12.1 Å². The Bertz CT molecular complexity index is 1320. The standard InChI is InChI=1S/C30H36Cl2F3N3O4/c1-17-12-22(31)25(23(32)13-17)24(39)16-37(15-18-8-10-29(2,3)11-9-18)27(40)21-14-36-38(26(21)30(33,34)35)20-6-4-19(5-7-20)28(41)42/h12-14,18-20H,4-11,15-16H2,1-3H3,(H,41,42)/t19-,20-. The van der Waals surface area contributed by atoms with Crippen LogP contribution in [-0.4, -0.2) is 50.5 Å². The molecule has 2 aromatic rings. The summed E-state index contributed by atoms with van der Waals surface area (Å²) in [7, 11) is 0. The molecule has 0 bridgehead atoms. The van der Waals surface area contributed by atoms with Gasteiger partial charge in [-0.3, -0.25) is 19.1 Å². The SMILES string of the molecule is Cc1cc(Cl)c(C(=O)CN(CC2CCC(C)(C)CC2)C(=O)c2cnn([C@H]3CC[C@H](C(=O)O)CC3)c2C(F)(F)F)c(Cl)c1. The van der Waals surface area contributed by atoms with E-state index < -0.39 is 53.6 Å². The summed E-state index contributed by atoms with van der Waals surface area (Å²) >= 11 is 12.7. The summed E-state index contributed by atoms with van der Waals surface area (Å²) in [6.07, 6.45) is 0.182. The van der Waals surface area contributed by atoms with E-state index >= 15 is 0 Å². The molecule has 230 valence electrons. The number of Topliss-reactive ketones (excluding diaryl/α,β-unsaturated/α-hetero) is 1. The molecule has 0 atom stereocenters. The number of hydrogen-bond acceptors (Lipinski definition) is 4. The van der Waals surface area contributed by atoms with Crippen molar-refractivity contribution in [2.45, 2.75) is 84.4 Å². The van der Waals surface area contributed by atoms with Gasteiger partial charge in [-0.05, 0) is 87.3 Å². The second kappa shape index (κ2) is 12.6. The maximum absolute atomic E-state index is 14.5. The zero-order valence-corrected chi connectivity index (χ0v) is 25.5. The van der Waals surface area contributed by atoms with E-state index in [1.807, 2.05) is 0 Å². The highest BCUT2D eigenvalue weighted by Gasteiger charge is 2.44. The minimum absolute atomic E-state index is 0.00872. The van der Waals surface area contributed by atoms with Crippen LogP contribution in [0.3, 0.4) is 0 Å². The Balaban J connectivity index is 1.67. The molecule has 42 heavy (non-hydrogen) atoms. The summed E-state index contributed by atoms with van der Waals surface area (Å²) in [5.74, 6) is -3.09. The van der Waals surface area contributed by atoms with Crippen LogP contribution in [-0.2, 0) is 11.0 Å². The second-order valence-electron chi connectivity index (χ2n) is 12.5. The topological polar surface area (TPSA) is 92.5 Å². The van der Waals surface area contributed by atoms with Crippen molar-refractivity contribution >= 4 is 40.9 Å². The highest BCUT2D eigenvalue weighted by molar-refractivity contribution is 6.40. The number of halogens is 5. The Kier molecular flexibility index (Phi) is 9.67. The van der Waals surface area contributed by atoms with Gasteiger partial charge in [0.05, 0.1) is 45.9 Å². The first-order valence-electron chi connectivity index (χ1n) is 14.2. The Hall–Kier alpha value is -2.59. The number of nitrogens with zero attached hydrogens (tertiary/aromatic N) is 3. The third-order valence-corrected chi connectivity index (χ3v) is 9.31. The Labute approximate surface area is 253 Å². The predicted octanol–water partition coefficient (Wildman–Crippen LogP) is 7.87. The normalized spacial score (nSPS) is 21.2. The van der Waals surface area contributed by atoms with E-state index in [2.05, 4.69) is 18.9 Å². The van der Waals surface area contributed by atoms with Crippen molar-refractivity contribution in [3.05, 3.63) is 50.8 Å². The van der Waals surface area contributed by atoms with Gasteiger partial charge in [-0.25, -0.2) is 0 Å². The van der Waals surface area contributed by atoms with Gasteiger partial charge in [-0.1, -0.05) is 37.0 Å². The van der Waals surface area contributed by atoms with Crippen LogP contribution < -0.4 is 0 Å². The molecule has 0 radical (unpaired) electrons. The van der Waals surface area contributed by atoms with Crippen LogP contribution in [0.4, 0.5) is 13.2 Å². The first-order valence-corrected chi connectivity index (χ1v) is 15.0. The second-order valence-corrected chi connectivity index (χ2v) is 13.3. The molecule has 12 heteroatoms. The molecule has 1 N–H and O–H groups in total. The predicted molar refractivity (Wildman–Crippen MR) is 153 cm³/mol. The number of carbonyl (C=O) groups is 3. The number of rotatable bonds is 8. The average Bonchev–Trinajstić information content (AvgIpc) is 3.34. The summed E-state index contributed by atoms with van der Waals surface area (Å²) < 4.78 is 44.4. The summed E-state index contributed by atoms with van der Waals surface area (Å²) in [6.45, 7) is 5.69. The smallest absolute Gasteiger partial charge is 0.433 e. The number of alkyl halides is 3.